The molecule has 0 aliphatic carbocycles. The highest BCUT2D eigenvalue weighted by Crippen LogP contribution is 2.27. The van der Waals surface area contributed by atoms with Gasteiger partial charge in [0.1, 0.15) is 24.4 Å². The number of carbonyl (C=O) groups is 1. The minimum atomic E-state index is -1.96. The first-order valence-corrected chi connectivity index (χ1v) is 6.99. The van der Waals surface area contributed by atoms with Gasteiger partial charge < -0.3 is 39.7 Å². The Kier molecular flexibility index (Phi) is 6.68. The van der Waals surface area contributed by atoms with E-state index in [4.69, 9.17) is 14.6 Å². The molecule has 0 spiro atoms. The molecule has 130 valence electrons. The van der Waals surface area contributed by atoms with Crippen LogP contribution in [0, 0.1) is 0 Å². The van der Waals surface area contributed by atoms with E-state index >= 15 is 0 Å². The maximum Gasteiger partial charge on any atom is 0.340 e. The van der Waals surface area contributed by atoms with Gasteiger partial charge in [0, 0.05) is 0 Å². The predicted molar refractivity (Wildman–Crippen MR) is 71.6 cm³/mol. The van der Waals surface area contributed by atoms with Crippen molar-refractivity contribution in [2.24, 2.45) is 0 Å². The Morgan fingerprint density at radius 3 is 2.32 bits per heavy atom. The first-order valence-electron chi connectivity index (χ1n) is 6.99. The summed E-state index contributed by atoms with van der Waals surface area (Å²) in [5.41, 5.74) is -1.96. The average Bonchev–Trinajstić information content (AvgIpc) is 2.53. The van der Waals surface area contributed by atoms with E-state index in [0.717, 1.165) is 7.11 Å². The van der Waals surface area contributed by atoms with Crippen LogP contribution in [-0.4, -0.2) is 87.6 Å². The molecular weight excluding hydrogens is 300 g/mol. The van der Waals surface area contributed by atoms with Crippen molar-refractivity contribution in [2.45, 2.75) is 62.7 Å². The standard InChI is InChI=1S/C13H24O9/c1-4-13(19,12(18)20-3)6(2)21-11-10(17)9(16)8(15)7(5-14)22-11/h6-11,14-17,19H,4-5H2,1-3H3/t6-,7+,8+,9-,10+,11+,13+/m0/s1. The van der Waals surface area contributed by atoms with Crippen LogP contribution >= 0.6 is 0 Å². The van der Waals surface area contributed by atoms with Crippen LogP contribution in [-0.2, 0) is 19.0 Å². The summed E-state index contributed by atoms with van der Waals surface area (Å²) in [6.07, 6.45) is -8.45. The van der Waals surface area contributed by atoms with Gasteiger partial charge in [0.05, 0.1) is 19.8 Å². The molecule has 5 N–H and O–H groups in total. The van der Waals surface area contributed by atoms with Crippen molar-refractivity contribution in [3.05, 3.63) is 0 Å². The lowest BCUT2D eigenvalue weighted by Gasteiger charge is -2.42. The molecule has 1 aliphatic rings. The zero-order valence-corrected chi connectivity index (χ0v) is 12.7. The Bertz CT molecular complexity index is 375. The van der Waals surface area contributed by atoms with E-state index in [1.54, 1.807) is 6.92 Å². The lowest BCUT2D eigenvalue weighted by Crippen LogP contribution is -2.61. The maximum atomic E-state index is 11.7. The van der Waals surface area contributed by atoms with Crippen molar-refractivity contribution in [3.8, 4) is 0 Å². The Labute approximate surface area is 128 Å². The number of rotatable bonds is 6. The lowest BCUT2D eigenvalue weighted by molar-refractivity contribution is -0.320. The van der Waals surface area contributed by atoms with E-state index in [0.29, 0.717) is 0 Å². The minimum absolute atomic E-state index is 0.0156. The van der Waals surface area contributed by atoms with Crippen LogP contribution in [0.1, 0.15) is 20.3 Å². The van der Waals surface area contributed by atoms with Crippen LogP contribution in [0.25, 0.3) is 0 Å². The average molecular weight is 324 g/mol. The molecule has 1 aliphatic heterocycles. The fraction of sp³-hybridized carbons (Fsp3) is 0.923. The molecule has 9 nitrogen and oxygen atoms in total. The second-order valence-electron chi connectivity index (χ2n) is 5.24. The van der Waals surface area contributed by atoms with Crippen LogP contribution < -0.4 is 0 Å². The molecular formula is C13H24O9. The summed E-state index contributed by atoms with van der Waals surface area (Å²) in [6, 6.07) is 0. The first-order chi connectivity index (χ1) is 10.2. The van der Waals surface area contributed by atoms with Crippen molar-refractivity contribution in [2.75, 3.05) is 13.7 Å². The zero-order chi connectivity index (χ0) is 17.1. The van der Waals surface area contributed by atoms with Gasteiger partial charge in [-0.25, -0.2) is 4.79 Å². The third-order valence-corrected chi connectivity index (χ3v) is 3.94. The van der Waals surface area contributed by atoms with Crippen LogP contribution in [0.3, 0.4) is 0 Å². The number of ether oxygens (including phenoxy) is 3. The molecule has 0 radical (unpaired) electrons. The molecule has 1 saturated heterocycles. The fourth-order valence-electron chi connectivity index (χ4n) is 2.27. The normalized spacial score (nSPS) is 36.5. The highest BCUT2D eigenvalue weighted by atomic mass is 16.7. The van der Waals surface area contributed by atoms with Gasteiger partial charge in [-0.3, -0.25) is 0 Å². The van der Waals surface area contributed by atoms with E-state index in [1.165, 1.54) is 6.92 Å². The summed E-state index contributed by atoms with van der Waals surface area (Å²) in [4.78, 5) is 11.7. The van der Waals surface area contributed by atoms with Gasteiger partial charge in [-0.15, -0.1) is 0 Å². The molecule has 0 aromatic heterocycles. The van der Waals surface area contributed by atoms with Crippen LogP contribution in [0.5, 0.6) is 0 Å². The van der Waals surface area contributed by atoms with Crippen molar-refractivity contribution in [3.63, 3.8) is 0 Å². The summed E-state index contributed by atoms with van der Waals surface area (Å²) in [6.45, 7) is 2.32. The number of hydrogen-bond acceptors (Lipinski definition) is 9. The van der Waals surface area contributed by atoms with Gasteiger partial charge in [-0.2, -0.15) is 0 Å². The third kappa shape index (κ3) is 3.57. The molecule has 0 amide bonds. The van der Waals surface area contributed by atoms with Crippen LogP contribution in [0.15, 0.2) is 0 Å². The predicted octanol–water partition coefficient (Wildman–Crippen LogP) is -2.49. The number of aliphatic hydroxyl groups is 5. The van der Waals surface area contributed by atoms with Gasteiger partial charge in [-0.05, 0) is 13.3 Å². The second-order valence-corrected chi connectivity index (χ2v) is 5.24. The molecule has 0 bridgehead atoms. The lowest BCUT2D eigenvalue weighted by atomic mass is 9.94. The van der Waals surface area contributed by atoms with E-state index < -0.39 is 55.0 Å². The second kappa shape index (κ2) is 7.64. The Morgan fingerprint density at radius 2 is 1.86 bits per heavy atom. The molecule has 0 aromatic rings. The quantitative estimate of drug-likeness (QED) is 0.335. The highest BCUT2D eigenvalue weighted by molar-refractivity contribution is 5.79. The smallest absolute Gasteiger partial charge is 0.340 e. The van der Waals surface area contributed by atoms with E-state index in [-0.39, 0.29) is 6.42 Å². The highest BCUT2D eigenvalue weighted by Gasteiger charge is 2.48. The number of hydrogen-bond donors (Lipinski definition) is 5. The van der Waals surface area contributed by atoms with Crippen molar-refractivity contribution in [1.29, 1.82) is 0 Å². The molecule has 1 heterocycles. The number of aliphatic hydroxyl groups excluding tert-OH is 4. The number of carbonyl (C=O) groups excluding carboxylic acids is 1. The molecule has 1 rings (SSSR count). The Balaban J connectivity index is 2.85. The monoisotopic (exact) mass is 324 g/mol. The first kappa shape index (κ1) is 19.2. The number of esters is 1. The minimum Gasteiger partial charge on any atom is -0.467 e. The summed E-state index contributed by atoms with van der Waals surface area (Å²) < 4.78 is 15.0. The van der Waals surface area contributed by atoms with E-state index in [2.05, 4.69) is 4.74 Å². The largest absolute Gasteiger partial charge is 0.467 e. The summed E-state index contributed by atoms with van der Waals surface area (Å²) >= 11 is 0. The van der Waals surface area contributed by atoms with Crippen molar-refractivity contribution in [1.82, 2.24) is 0 Å². The Hall–Kier alpha value is -0.810. The van der Waals surface area contributed by atoms with Gasteiger partial charge in [0.2, 0.25) is 0 Å². The van der Waals surface area contributed by atoms with Gasteiger partial charge in [0.15, 0.2) is 11.9 Å². The van der Waals surface area contributed by atoms with Gasteiger partial charge in [0.25, 0.3) is 0 Å². The molecule has 0 saturated carbocycles. The summed E-state index contributed by atoms with van der Waals surface area (Å²) in [5, 5.41) is 48.6. The van der Waals surface area contributed by atoms with E-state index in [9.17, 15) is 25.2 Å². The topological polar surface area (TPSA) is 146 Å². The fourth-order valence-corrected chi connectivity index (χ4v) is 2.27. The third-order valence-electron chi connectivity index (χ3n) is 3.94. The summed E-state index contributed by atoms with van der Waals surface area (Å²) in [7, 11) is 1.11. The number of methoxy groups -OCH3 is 1. The maximum absolute atomic E-state index is 11.7. The molecule has 0 unspecified atom stereocenters. The zero-order valence-electron chi connectivity index (χ0n) is 12.7. The summed E-state index contributed by atoms with van der Waals surface area (Å²) in [5.74, 6) is -0.910. The Morgan fingerprint density at radius 1 is 1.27 bits per heavy atom. The molecule has 1 fully saturated rings. The van der Waals surface area contributed by atoms with Crippen molar-refractivity contribution < 1.29 is 44.5 Å². The molecule has 7 atom stereocenters. The van der Waals surface area contributed by atoms with Crippen LogP contribution in [0.2, 0.25) is 0 Å². The van der Waals surface area contributed by atoms with E-state index in [1.807, 2.05) is 0 Å². The molecule has 0 aromatic carbocycles. The van der Waals surface area contributed by atoms with Crippen molar-refractivity contribution >= 4 is 5.97 Å². The SMILES string of the molecule is CC[C@](O)(C(=O)OC)[C@H](C)O[C@@H]1O[C@H](CO)[C@@H](O)[C@H](O)[C@H]1O. The molecule has 9 heteroatoms. The van der Waals surface area contributed by atoms with Crippen LogP contribution in [0.4, 0.5) is 0 Å². The van der Waals surface area contributed by atoms with Gasteiger partial charge in [-0.1, -0.05) is 6.92 Å². The van der Waals surface area contributed by atoms with Gasteiger partial charge >= 0.3 is 5.97 Å². The molecule has 22 heavy (non-hydrogen) atoms.